The third kappa shape index (κ3) is 7.94. The molecule has 0 aromatic heterocycles. The Balaban J connectivity index is 1.41. The van der Waals surface area contributed by atoms with E-state index in [1.807, 2.05) is 24.3 Å². The number of unbranched alkanes of at least 4 members (excludes halogenated alkanes) is 2. The van der Waals surface area contributed by atoms with Gasteiger partial charge in [0.05, 0.1) is 0 Å². The highest BCUT2D eigenvalue weighted by molar-refractivity contribution is 5.92. The topological polar surface area (TPSA) is 105 Å². The van der Waals surface area contributed by atoms with Crippen molar-refractivity contribution in [3.05, 3.63) is 65.7 Å². The molecule has 0 bridgehead atoms. The Morgan fingerprint density at radius 3 is 2.32 bits per heavy atom. The maximum Gasteiger partial charge on any atom is 0.336 e. The van der Waals surface area contributed by atoms with Gasteiger partial charge in [0.15, 0.2) is 0 Å². The molecule has 34 heavy (non-hydrogen) atoms. The molecule has 0 heterocycles. The summed E-state index contributed by atoms with van der Waals surface area (Å²) in [7, 11) is 0. The normalized spacial score (nSPS) is 18.0. The van der Waals surface area contributed by atoms with Gasteiger partial charge >= 0.3 is 11.9 Å². The van der Waals surface area contributed by atoms with E-state index in [2.05, 4.69) is 6.92 Å². The van der Waals surface area contributed by atoms with E-state index < -0.39 is 11.9 Å². The summed E-state index contributed by atoms with van der Waals surface area (Å²) in [5.74, 6) is 0.620. The number of nitrogen functional groups attached to an aromatic ring is 2. The number of hydrogen-bond donors (Lipinski definition) is 2. The zero-order valence-electron chi connectivity index (χ0n) is 20.0. The number of nitrogens with two attached hydrogens (primary N) is 2. The number of ether oxygens (including phenoxy) is 2. The van der Waals surface area contributed by atoms with Crippen molar-refractivity contribution < 1.29 is 19.1 Å². The molecule has 2 aromatic carbocycles. The minimum absolute atomic E-state index is 0.00749. The van der Waals surface area contributed by atoms with Gasteiger partial charge in [-0.2, -0.15) is 0 Å². The Labute approximate surface area is 202 Å². The molecule has 0 atom stereocenters. The monoisotopic (exact) mass is 464 g/mol. The number of carbonyl (C=O) groups is 2. The number of benzene rings is 2. The predicted molar refractivity (Wildman–Crippen MR) is 135 cm³/mol. The van der Waals surface area contributed by atoms with Crippen LogP contribution < -0.4 is 16.2 Å². The second-order valence-corrected chi connectivity index (χ2v) is 9.10. The first-order valence-corrected chi connectivity index (χ1v) is 12.2. The largest absolute Gasteiger partial charge is 0.458 e. The molecule has 4 N–H and O–H groups in total. The minimum atomic E-state index is -0.659. The number of rotatable bonds is 10. The van der Waals surface area contributed by atoms with Crippen LogP contribution >= 0.6 is 0 Å². The number of anilines is 2. The van der Waals surface area contributed by atoms with E-state index in [9.17, 15) is 9.59 Å². The van der Waals surface area contributed by atoms with Crippen LogP contribution in [0.25, 0.3) is 0 Å². The Kier molecular flexibility index (Phi) is 9.56. The second-order valence-electron chi connectivity index (χ2n) is 9.10. The van der Waals surface area contributed by atoms with Crippen molar-refractivity contribution in [2.75, 3.05) is 11.5 Å². The zero-order chi connectivity index (χ0) is 24.3. The fourth-order valence-electron chi connectivity index (χ4n) is 4.50. The van der Waals surface area contributed by atoms with E-state index in [0.717, 1.165) is 18.1 Å². The Hall–Kier alpha value is -3.28. The average Bonchev–Trinajstić information content (AvgIpc) is 2.83. The summed E-state index contributed by atoms with van der Waals surface area (Å²) in [5.41, 5.74) is 14.4. The summed E-state index contributed by atoms with van der Waals surface area (Å²) < 4.78 is 10.4. The molecule has 3 rings (SSSR count). The van der Waals surface area contributed by atoms with Crippen LogP contribution in [0.1, 0.15) is 75.3 Å². The maximum absolute atomic E-state index is 12.1. The van der Waals surface area contributed by atoms with Crippen LogP contribution in [0.4, 0.5) is 11.4 Å². The van der Waals surface area contributed by atoms with E-state index in [-0.39, 0.29) is 6.61 Å². The molecule has 0 aliphatic heterocycles. The fraction of sp³-hybridized carbons (Fsp3) is 0.429. The third-order valence-corrected chi connectivity index (χ3v) is 6.53. The molecule has 6 nitrogen and oxygen atoms in total. The van der Waals surface area contributed by atoms with Crippen LogP contribution in [-0.4, -0.2) is 11.9 Å². The lowest BCUT2D eigenvalue weighted by molar-refractivity contribution is -0.139. The summed E-state index contributed by atoms with van der Waals surface area (Å²) in [6.45, 7) is 2.25. The lowest BCUT2D eigenvalue weighted by Gasteiger charge is -2.29. The van der Waals surface area contributed by atoms with E-state index in [0.29, 0.717) is 28.6 Å². The van der Waals surface area contributed by atoms with E-state index in [1.54, 1.807) is 18.2 Å². The molecular formula is C28H36N2O4. The summed E-state index contributed by atoms with van der Waals surface area (Å²) in [6.07, 6.45) is 12.5. The van der Waals surface area contributed by atoms with Crippen LogP contribution in [0.15, 0.2) is 54.6 Å². The number of carbonyl (C=O) groups excluding carboxylic acids is 2. The van der Waals surface area contributed by atoms with Gasteiger partial charge < -0.3 is 20.9 Å². The second kappa shape index (κ2) is 12.8. The highest BCUT2D eigenvalue weighted by atomic mass is 16.5. The van der Waals surface area contributed by atoms with Gasteiger partial charge in [0.1, 0.15) is 12.4 Å². The molecule has 1 aliphatic carbocycles. The van der Waals surface area contributed by atoms with Gasteiger partial charge in [-0.1, -0.05) is 50.8 Å². The van der Waals surface area contributed by atoms with Gasteiger partial charge in [0.25, 0.3) is 0 Å². The third-order valence-electron chi connectivity index (χ3n) is 6.53. The Morgan fingerprint density at radius 1 is 0.941 bits per heavy atom. The smallest absolute Gasteiger partial charge is 0.336 e. The standard InChI is InChI=1S/C28H36N2O4/c1-2-3-4-5-20-6-8-21(9-7-20)22-11-14-25(15-12-22)34-28(32)17-16-27(31)33-19-23-10-13-24(29)18-26(23)30/h10-18,20-21H,2-9,19,29-30H2,1H3/b17-16-. The minimum Gasteiger partial charge on any atom is -0.458 e. The van der Waals surface area contributed by atoms with Gasteiger partial charge in [0, 0.05) is 29.1 Å². The number of hydrogen-bond acceptors (Lipinski definition) is 6. The van der Waals surface area contributed by atoms with E-state index in [1.165, 1.54) is 56.9 Å². The Bertz CT molecular complexity index is 976. The van der Waals surface area contributed by atoms with Crippen molar-refractivity contribution in [1.29, 1.82) is 0 Å². The molecule has 1 fully saturated rings. The van der Waals surface area contributed by atoms with Gasteiger partial charge in [-0.3, -0.25) is 0 Å². The van der Waals surface area contributed by atoms with Crippen LogP contribution in [0.2, 0.25) is 0 Å². The molecule has 1 aliphatic rings. The maximum atomic E-state index is 12.1. The van der Waals surface area contributed by atoms with E-state index in [4.69, 9.17) is 20.9 Å². The molecular weight excluding hydrogens is 428 g/mol. The molecule has 0 saturated heterocycles. The van der Waals surface area contributed by atoms with Gasteiger partial charge in [-0.15, -0.1) is 0 Å². The van der Waals surface area contributed by atoms with Gasteiger partial charge in [0.2, 0.25) is 0 Å². The lowest BCUT2D eigenvalue weighted by atomic mass is 9.77. The van der Waals surface area contributed by atoms with Crippen LogP contribution in [0.5, 0.6) is 5.75 Å². The zero-order valence-corrected chi connectivity index (χ0v) is 20.0. The lowest BCUT2D eigenvalue weighted by Crippen LogP contribution is -2.13. The first kappa shape index (κ1) is 25.3. The van der Waals surface area contributed by atoms with Crippen LogP contribution in [-0.2, 0) is 20.9 Å². The van der Waals surface area contributed by atoms with E-state index >= 15 is 0 Å². The predicted octanol–water partition coefficient (Wildman–Crippen LogP) is 5.91. The number of esters is 2. The van der Waals surface area contributed by atoms with Gasteiger partial charge in [-0.05, 0) is 67.3 Å². The quantitative estimate of drug-likeness (QED) is 0.149. The van der Waals surface area contributed by atoms with Crippen molar-refractivity contribution in [2.24, 2.45) is 5.92 Å². The molecule has 0 spiro atoms. The summed E-state index contributed by atoms with van der Waals surface area (Å²) in [4.78, 5) is 23.9. The molecule has 0 radical (unpaired) electrons. The summed E-state index contributed by atoms with van der Waals surface area (Å²) in [6, 6.07) is 12.7. The first-order valence-electron chi connectivity index (χ1n) is 12.2. The fourth-order valence-corrected chi connectivity index (χ4v) is 4.50. The van der Waals surface area contributed by atoms with Crippen molar-refractivity contribution in [1.82, 2.24) is 0 Å². The van der Waals surface area contributed by atoms with Crippen molar-refractivity contribution >= 4 is 23.3 Å². The average molecular weight is 465 g/mol. The highest BCUT2D eigenvalue weighted by Gasteiger charge is 2.22. The molecule has 1 saturated carbocycles. The molecule has 182 valence electrons. The highest BCUT2D eigenvalue weighted by Crippen LogP contribution is 2.38. The van der Waals surface area contributed by atoms with Gasteiger partial charge in [-0.25, -0.2) is 9.59 Å². The van der Waals surface area contributed by atoms with Crippen LogP contribution in [0.3, 0.4) is 0 Å². The van der Waals surface area contributed by atoms with Crippen LogP contribution in [0, 0.1) is 5.92 Å². The SMILES string of the molecule is CCCCCC1CCC(c2ccc(OC(=O)/C=C\C(=O)OCc3ccc(N)cc3N)cc2)CC1. The Morgan fingerprint density at radius 2 is 1.65 bits per heavy atom. The van der Waals surface area contributed by atoms with Crippen molar-refractivity contribution in [3.63, 3.8) is 0 Å². The first-order chi connectivity index (χ1) is 16.4. The molecule has 2 aromatic rings. The molecule has 6 heteroatoms. The summed E-state index contributed by atoms with van der Waals surface area (Å²) >= 11 is 0. The summed E-state index contributed by atoms with van der Waals surface area (Å²) in [5, 5.41) is 0. The van der Waals surface area contributed by atoms with Crippen molar-refractivity contribution in [2.45, 2.75) is 70.8 Å². The molecule has 0 unspecified atom stereocenters. The molecule has 0 amide bonds. The van der Waals surface area contributed by atoms with Crippen molar-refractivity contribution in [3.8, 4) is 5.75 Å².